The molecule has 7 nitrogen and oxygen atoms in total. The summed E-state index contributed by atoms with van der Waals surface area (Å²) in [6.45, 7) is 4.96. The Kier molecular flexibility index (Phi) is 6.99. The Morgan fingerprint density at radius 1 is 1.30 bits per heavy atom. The van der Waals surface area contributed by atoms with E-state index in [-0.39, 0.29) is 18.0 Å². The first-order valence-electron chi connectivity index (χ1n) is 7.12. The van der Waals surface area contributed by atoms with Gasteiger partial charge in [0.25, 0.3) is 0 Å². The molecule has 0 aliphatic heterocycles. The Balaban J connectivity index is 2.80. The van der Waals surface area contributed by atoms with E-state index in [2.05, 4.69) is 5.32 Å². The van der Waals surface area contributed by atoms with Crippen molar-refractivity contribution in [1.29, 1.82) is 0 Å². The molecule has 0 saturated heterocycles. The largest absolute Gasteiger partial charge is 0.497 e. The number of carbonyl (C=O) groups is 1. The van der Waals surface area contributed by atoms with E-state index in [1.54, 1.807) is 32.9 Å². The van der Waals surface area contributed by atoms with Gasteiger partial charge in [0.15, 0.2) is 9.84 Å². The van der Waals surface area contributed by atoms with Crippen LogP contribution in [0.4, 0.5) is 0 Å². The van der Waals surface area contributed by atoms with Gasteiger partial charge < -0.3 is 14.6 Å². The van der Waals surface area contributed by atoms with Gasteiger partial charge in [-0.25, -0.2) is 13.2 Å². The van der Waals surface area contributed by atoms with E-state index in [4.69, 9.17) is 14.6 Å². The van der Waals surface area contributed by atoms with E-state index in [9.17, 15) is 13.2 Å². The Labute approximate surface area is 136 Å². The SMILES string of the molecule is COc1cc(C)c(S(=O)(=O)C(C)NCCOCC(=O)O)c(C)c1. The molecule has 1 aromatic carbocycles. The van der Waals surface area contributed by atoms with Crippen molar-refractivity contribution in [3.63, 3.8) is 0 Å². The quantitative estimate of drug-likeness (QED) is 0.647. The summed E-state index contributed by atoms with van der Waals surface area (Å²) in [5, 5.41) is 10.5. The van der Waals surface area contributed by atoms with Gasteiger partial charge in [-0.05, 0) is 44.0 Å². The summed E-state index contributed by atoms with van der Waals surface area (Å²) in [6, 6.07) is 3.37. The highest BCUT2D eigenvalue weighted by molar-refractivity contribution is 7.92. The van der Waals surface area contributed by atoms with Crippen LogP contribution in [0.25, 0.3) is 0 Å². The normalized spacial score (nSPS) is 12.9. The average Bonchev–Trinajstić information content (AvgIpc) is 2.45. The lowest BCUT2D eigenvalue weighted by molar-refractivity contribution is -0.142. The number of ether oxygens (including phenoxy) is 2. The maximum absolute atomic E-state index is 12.7. The zero-order chi connectivity index (χ0) is 17.6. The summed E-state index contributed by atoms with van der Waals surface area (Å²) in [6.07, 6.45) is 0. The van der Waals surface area contributed by atoms with Gasteiger partial charge in [0.1, 0.15) is 17.7 Å². The minimum atomic E-state index is -3.57. The number of hydrogen-bond donors (Lipinski definition) is 2. The lowest BCUT2D eigenvalue weighted by Crippen LogP contribution is -2.37. The monoisotopic (exact) mass is 345 g/mol. The summed E-state index contributed by atoms with van der Waals surface area (Å²) < 4.78 is 35.4. The Morgan fingerprint density at radius 2 is 1.87 bits per heavy atom. The number of rotatable bonds is 9. The van der Waals surface area contributed by atoms with E-state index in [0.29, 0.717) is 16.9 Å². The molecule has 1 rings (SSSR count). The van der Waals surface area contributed by atoms with Crippen molar-refractivity contribution in [2.45, 2.75) is 31.0 Å². The maximum Gasteiger partial charge on any atom is 0.329 e. The van der Waals surface area contributed by atoms with Crippen LogP contribution in [0.3, 0.4) is 0 Å². The van der Waals surface area contributed by atoms with Gasteiger partial charge in [0.05, 0.1) is 18.6 Å². The predicted molar refractivity (Wildman–Crippen MR) is 85.6 cm³/mol. The second-order valence-corrected chi connectivity index (χ2v) is 7.38. The highest BCUT2D eigenvalue weighted by Gasteiger charge is 2.26. The highest BCUT2D eigenvalue weighted by Crippen LogP contribution is 2.27. The maximum atomic E-state index is 12.7. The molecule has 8 heteroatoms. The molecule has 0 saturated carbocycles. The van der Waals surface area contributed by atoms with Crippen molar-refractivity contribution in [2.24, 2.45) is 0 Å². The molecule has 0 radical (unpaired) electrons. The second kappa shape index (κ2) is 8.28. The second-order valence-electron chi connectivity index (χ2n) is 5.18. The third-order valence-corrected chi connectivity index (χ3v) is 5.63. The molecule has 0 heterocycles. The number of carboxylic acids is 1. The number of methoxy groups -OCH3 is 1. The van der Waals surface area contributed by atoms with E-state index >= 15 is 0 Å². The van der Waals surface area contributed by atoms with Gasteiger partial charge in [-0.2, -0.15) is 0 Å². The third kappa shape index (κ3) is 5.19. The first-order valence-corrected chi connectivity index (χ1v) is 8.66. The van der Waals surface area contributed by atoms with Crippen LogP contribution >= 0.6 is 0 Å². The Morgan fingerprint density at radius 3 is 2.35 bits per heavy atom. The lowest BCUT2D eigenvalue weighted by atomic mass is 10.1. The molecule has 0 spiro atoms. The molecule has 1 unspecified atom stereocenters. The van der Waals surface area contributed by atoms with Crippen molar-refractivity contribution in [2.75, 3.05) is 26.9 Å². The van der Waals surface area contributed by atoms with E-state index < -0.39 is 27.8 Å². The van der Waals surface area contributed by atoms with Gasteiger partial charge in [-0.1, -0.05) is 0 Å². The van der Waals surface area contributed by atoms with Gasteiger partial charge in [0.2, 0.25) is 0 Å². The molecule has 0 bridgehead atoms. The number of nitrogens with one attached hydrogen (secondary N) is 1. The molecule has 0 amide bonds. The highest BCUT2D eigenvalue weighted by atomic mass is 32.2. The fourth-order valence-electron chi connectivity index (χ4n) is 2.26. The zero-order valence-electron chi connectivity index (χ0n) is 13.8. The van der Waals surface area contributed by atoms with Crippen LogP contribution in [-0.4, -0.2) is 51.7 Å². The lowest BCUT2D eigenvalue weighted by Gasteiger charge is -2.18. The summed E-state index contributed by atoms with van der Waals surface area (Å²) in [5.41, 5.74) is 1.25. The summed E-state index contributed by atoms with van der Waals surface area (Å²) in [5.74, 6) is -0.447. The van der Waals surface area contributed by atoms with Crippen molar-refractivity contribution in [3.8, 4) is 5.75 Å². The zero-order valence-corrected chi connectivity index (χ0v) is 14.6. The van der Waals surface area contributed by atoms with Crippen LogP contribution in [0, 0.1) is 13.8 Å². The van der Waals surface area contributed by atoms with Crippen molar-refractivity contribution in [3.05, 3.63) is 23.3 Å². The molecule has 0 aromatic heterocycles. The van der Waals surface area contributed by atoms with Gasteiger partial charge in [0, 0.05) is 6.54 Å². The minimum Gasteiger partial charge on any atom is -0.497 e. The first-order chi connectivity index (χ1) is 10.7. The molecular weight excluding hydrogens is 322 g/mol. The van der Waals surface area contributed by atoms with Crippen LogP contribution in [0.5, 0.6) is 5.75 Å². The molecular formula is C15H23NO6S. The number of benzene rings is 1. The van der Waals surface area contributed by atoms with Crippen molar-refractivity contribution in [1.82, 2.24) is 5.32 Å². The molecule has 0 fully saturated rings. The molecule has 130 valence electrons. The van der Waals surface area contributed by atoms with E-state index in [0.717, 1.165) is 0 Å². The topological polar surface area (TPSA) is 102 Å². The standard InChI is InChI=1S/C15H23NO6S/c1-10-7-13(21-4)8-11(2)15(10)23(19,20)12(3)16-5-6-22-9-14(17)18/h7-8,12,16H,5-6,9H2,1-4H3,(H,17,18). The summed E-state index contributed by atoms with van der Waals surface area (Å²) in [4.78, 5) is 10.6. The van der Waals surface area contributed by atoms with Crippen LogP contribution < -0.4 is 10.1 Å². The molecule has 0 aliphatic carbocycles. The smallest absolute Gasteiger partial charge is 0.329 e. The number of sulfone groups is 1. The van der Waals surface area contributed by atoms with Gasteiger partial charge in [-0.3, -0.25) is 5.32 Å². The molecule has 0 aliphatic rings. The summed E-state index contributed by atoms with van der Waals surface area (Å²) >= 11 is 0. The van der Waals surface area contributed by atoms with Crippen LogP contribution in [0.1, 0.15) is 18.1 Å². The van der Waals surface area contributed by atoms with Crippen molar-refractivity contribution >= 4 is 15.8 Å². The van der Waals surface area contributed by atoms with Crippen LogP contribution in [0.2, 0.25) is 0 Å². The number of hydrogen-bond acceptors (Lipinski definition) is 6. The molecule has 1 aromatic rings. The van der Waals surface area contributed by atoms with E-state index in [1.807, 2.05) is 0 Å². The first kappa shape index (κ1) is 19.4. The minimum absolute atomic E-state index is 0.118. The molecule has 2 N–H and O–H groups in total. The van der Waals surface area contributed by atoms with Gasteiger partial charge in [-0.15, -0.1) is 0 Å². The summed E-state index contributed by atoms with van der Waals surface area (Å²) in [7, 11) is -2.04. The average molecular weight is 345 g/mol. The fraction of sp³-hybridized carbons (Fsp3) is 0.533. The Hall–Kier alpha value is -1.64. The van der Waals surface area contributed by atoms with Crippen LogP contribution in [0.15, 0.2) is 17.0 Å². The fourth-order valence-corrected chi connectivity index (χ4v) is 3.96. The van der Waals surface area contributed by atoms with E-state index in [1.165, 1.54) is 7.11 Å². The molecule has 23 heavy (non-hydrogen) atoms. The number of aryl methyl sites for hydroxylation is 2. The Bertz CT molecular complexity index is 633. The third-order valence-electron chi connectivity index (χ3n) is 3.32. The number of carboxylic acid groups (broad SMARTS) is 1. The van der Waals surface area contributed by atoms with Crippen molar-refractivity contribution < 1.29 is 27.8 Å². The molecule has 1 atom stereocenters. The van der Waals surface area contributed by atoms with Gasteiger partial charge >= 0.3 is 5.97 Å². The predicted octanol–water partition coefficient (Wildman–Crippen LogP) is 1.12. The van der Waals surface area contributed by atoms with Crippen LogP contribution in [-0.2, 0) is 19.4 Å². The number of aliphatic carboxylic acids is 1.